The molecule has 21 heavy (non-hydrogen) atoms. The minimum atomic E-state index is -0.715. The van der Waals surface area contributed by atoms with Crippen LogP contribution in [0.25, 0.3) is 0 Å². The maximum Gasteiger partial charge on any atom is 0.303 e. The Kier molecular flexibility index (Phi) is 14.9. The van der Waals surface area contributed by atoms with Crippen LogP contribution in [0.3, 0.4) is 0 Å². The van der Waals surface area contributed by atoms with E-state index < -0.39 is 5.97 Å². The zero-order chi connectivity index (χ0) is 15.8. The first kappa shape index (κ1) is 20.2. The van der Waals surface area contributed by atoms with Gasteiger partial charge in [0.05, 0.1) is 6.10 Å². The second-order valence-corrected chi connectivity index (χ2v) is 5.90. The Bertz CT molecular complexity index is 261. The summed E-state index contributed by atoms with van der Waals surface area (Å²) in [6.07, 6.45) is 17.4. The molecule has 3 nitrogen and oxygen atoms in total. The summed E-state index contributed by atoms with van der Waals surface area (Å²) in [6, 6.07) is 0. The number of carboxylic acid groups (broad SMARTS) is 1. The lowest BCUT2D eigenvalue weighted by Crippen LogP contribution is -2.01. The Morgan fingerprint density at radius 2 is 1.57 bits per heavy atom. The van der Waals surface area contributed by atoms with Crippen molar-refractivity contribution in [1.29, 1.82) is 0 Å². The standard InChI is InChI=1S/C18H34O3/c1-2-3-4-5-6-7-8-11-14-17(19)15-12-9-10-13-16-18(20)21/h11,14,17,19H,2-10,12-13,15-16H2,1H3,(H,20,21)/b14-11+/t17-/m0/s1. The third-order valence-corrected chi connectivity index (χ3v) is 3.72. The molecule has 0 saturated heterocycles. The van der Waals surface area contributed by atoms with Gasteiger partial charge in [-0.1, -0.05) is 70.4 Å². The van der Waals surface area contributed by atoms with Gasteiger partial charge in [-0.15, -0.1) is 0 Å². The van der Waals surface area contributed by atoms with Crippen molar-refractivity contribution in [3.63, 3.8) is 0 Å². The van der Waals surface area contributed by atoms with Crippen LogP contribution in [0.5, 0.6) is 0 Å². The van der Waals surface area contributed by atoms with Gasteiger partial charge in [0.2, 0.25) is 0 Å². The maximum atomic E-state index is 10.3. The Labute approximate surface area is 130 Å². The first-order valence-corrected chi connectivity index (χ1v) is 8.73. The van der Waals surface area contributed by atoms with E-state index in [2.05, 4.69) is 13.0 Å². The van der Waals surface area contributed by atoms with Gasteiger partial charge in [-0.2, -0.15) is 0 Å². The molecule has 3 heteroatoms. The summed E-state index contributed by atoms with van der Waals surface area (Å²) in [6.45, 7) is 2.23. The lowest BCUT2D eigenvalue weighted by molar-refractivity contribution is -0.137. The number of carboxylic acids is 1. The zero-order valence-corrected chi connectivity index (χ0v) is 13.7. The summed E-state index contributed by atoms with van der Waals surface area (Å²) in [7, 11) is 0. The van der Waals surface area contributed by atoms with E-state index in [4.69, 9.17) is 5.11 Å². The van der Waals surface area contributed by atoms with E-state index in [0.29, 0.717) is 0 Å². The molecule has 0 amide bonds. The number of hydrogen-bond donors (Lipinski definition) is 2. The Morgan fingerprint density at radius 3 is 2.29 bits per heavy atom. The molecular formula is C18H34O3. The lowest BCUT2D eigenvalue weighted by atomic mass is 10.1. The molecule has 0 bridgehead atoms. The Balaban J connectivity index is 3.30. The number of allylic oxidation sites excluding steroid dienone is 1. The van der Waals surface area contributed by atoms with Crippen molar-refractivity contribution in [1.82, 2.24) is 0 Å². The summed E-state index contributed by atoms with van der Waals surface area (Å²) < 4.78 is 0. The Morgan fingerprint density at radius 1 is 0.952 bits per heavy atom. The van der Waals surface area contributed by atoms with Crippen LogP contribution in [0.2, 0.25) is 0 Å². The number of carbonyl (C=O) groups is 1. The first-order chi connectivity index (χ1) is 10.2. The number of aliphatic carboxylic acids is 1. The topological polar surface area (TPSA) is 57.5 Å². The quantitative estimate of drug-likeness (QED) is 0.327. The smallest absolute Gasteiger partial charge is 0.303 e. The molecule has 0 aliphatic carbocycles. The molecule has 0 heterocycles. The third-order valence-electron chi connectivity index (χ3n) is 3.72. The van der Waals surface area contributed by atoms with Crippen LogP contribution in [0, 0.1) is 0 Å². The summed E-state index contributed by atoms with van der Waals surface area (Å²) >= 11 is 0. The molecule has 124 valence electrons. The summed E-state index contributed by atoms with van der Waals surface area (Å²) in [5, 5.41) is 18.3. The van der Waals surface area contributed by atoms with Gasteiger partial charge in [-0.3, -0.25) is 4.79 Å². The first-order valence-electron chi connectivity index (χ1n) is 8.73. The van der Waals surface area contributed by atoms with E-state index in [-0.39, 0.29) is 12.5 Å². The fraction of sp³-hybridized carbons (Fsp3) is 0.833. The normalized spacial score (nSPS) is 12.9. The van der Waals surface area contributed by atoms with Gasteiger partial charge in [-0.05, 0) is 25.7 Å². The van der Waals surface area contributed by atoms with Crippen molar-refractivity contribution in [3.8, 4) is 0 Å². The molecule has 0 aromatic heterocycles. The molecule has 0 fully saturated rings. The second-order valence-electron chi connectivity index (χ2n) is 5.90. The van der Waals surface area contributed by atoms with Crippen molar-refractivity contribution in [2.75, 3.05) is 0 Å². The molecule has 0 aliphatic heterocycles. The van der Waals surface area contributed by atoms with Gasteiger partial charge in [0.25, 0.3) is 0 Å². The molecule has 0 aromatic rings. The summed E-state index contributed by atoms with van der Waals surface area (Å²) in [5.74, 6) is -0.715. The molecule has 0 aromatic carbocycles. The fourth-order valence-electron chi connectivity index (χ4n) is 2.38. The molecule has 0 aliphatic rings. The van der Waals surface area contributed by atoms with Crippen LogP contribution in [-0.2, 0) is 4.79 Å². The van der Waals surface area contributed by atoms with Gasteiger partial charge in [0, 0.05) is 6.42 Å². The average molecular weight is 298 g/mol. The largest absolute Gasteiger partial charge is 0.481 e. The molecule has 0 saturated carbocycles. The van der Waals surface area contributed by atoms with Crippen LogP contribution in [0.4, 0.5) is 0 Å². The van der Waals surface area contributed by atoms with Crippen molar-refractivity contribution >= 4 is 5.97 Å². The molecule has 0 unspecified atom stereocenters. The monoisotopic (exact) mass is 298 g/mol. The van der Waals surface area contributed by atoms with Gasteiger partial charge in [0.1, 0.15) is 0 Å². The van der Waals surface area contributed by atoms with E-state index >= 15 is 0 Å². The minimum absolute atomic E-state index is 0.265. The lowest BCUT2D eigenvalue weighted by Gasteiger charge is -2.05. The zero-order valence-electron chi connectivity index (χ0n) is 13.7. The third kappa shape index (κ3) is 17.1. The number of hydrogen-bond acceptors (Lipinski definition) is 2. The van der Waals surface area contributed by atoms with Gasteiger partial charge in [0.15, 0.2) is 0 Å². The van der Waals surface area contributed by atoms with Gasteiger partial charge < -0.3 is 10.2 Å². The van der Waals surface area contributed by atoms with E-state index in [0.717, 1.165) is 38.5 Å². The average Bonchev–Trinajstić information content (AvgIpc) is 2.45. The van der Waals surface area contributed by atoms with Crippen molar-refractivity contribution in [3.05, 3.63) is 12.2 Å². The highest BCUT2D eigenvalue weighted by Gasteiger charge is 2.00. The summed E-state index contributed by atoms with van der Waals surface area (Å²) in [4.78, 5) is 10.3. The van der Waals surface area contributed by atoms with Gasteiger partial charge in [-0.25, -0.2) is 0 Å². The van der Waals surface area contributed by atoms with E-state index in [1.807, 2.05) is 6.08 Å². The van der Waals surface area contributed by atoms with E-state index in [1.54, 1.807) is 0 Å². The van der Waals surface area contributed by atoms with E-state index in [1.165, 1.54) is 38.5 Å². The predicted octanol–water partition coefficient (Wildman–Crippen LogP) is 5.08. The molecule has 1 atom stereocenters. The number of unbranched alkanes of at least 4 members (excludes halogenated alkanes) is 9. The van der Waals surface area contributed by atoms with Crippen LogP contribution in [0.15, 0.2) is 12.2 Å². The maximum absolute atomic E-state index is 10.3. The molecule has 0 rings (SSSR count). The summed E-state index contributed by atoms with van der Waals surface area (Å²) in [5.41, 5.74) is 0. The fourth-order valence-corrected chi connectivity index (χ4v) is 2.38. The highest BCUT2D eigenvalue weighted by molar-refractivity contribution is 5.66. The van der Waals surface area contributed by atoms with Crippen LogP contribution in [0.1, 0.15) is 90.4 Å². The minimum Gasteiger partial charge on any atom is -0.481 e. The van der Waals surface area contributed by atoms with Crippen molar-refractivity contribution in [2.45, 2.75) is 96.5 Å². The molecular weight excluding hydrogens is 264 g/mol. The molecule has 0 radical (unpaired) electrons. The van der Waals surface area contributed by atoms with Crippen molar-refractivity contribution < 1.29 is 15.0 Å². The second kappa shape index (κ2) is 15.6. The number of aliphatic hydroxyl groups excluding tert-OH is 1. The highest BCUT2D eigenvalue weighted by atomic mass is 16.4. The molecule has 0 spiro atoms. The SMILES string of the molecule is CCCCCCCC/C=C/[C@H](O)CCCCCCC(=O)O. The highest BCUT2D eigenvalue weighted by Crippen LogP contribution is 2.10. The number of aliphatic hydroxyl groups is 1. The Hall–Kier alpha value is -0.830. The van der Waals surface area contributed by atoms with Crippen LogP contribution < -0.4 is 0 Å². The van der Waals surface area contributed by atoms with Gasteiger partial charge >= 0.3 is 5.97 Å². The number of rotatable bonds is 15. The molecule has 2 N–H and O–H groups in total. The van der Waals surface area contributed by atoms with Crippen LogP contribution >= 0.6 is 0 Å². The van der Waals surface area contributed by atoms with Crippen LogP contribution in [-0.4, -0.2) is 22.3 Å². The van der Waals surface area contributed by atoms with Crippen molar-refractivity contribution in [2.24, 2.45) is 0 Å². The van der Waals surface area contributed by atoms with E-state index in [9.17, 15) is 9.90 Å². The predicted molar refractivity (Wildman–Crippen MR) is 88.5 cm³/mol.